The molecule has 0 bridgehead atoms. The summed E-state index contributed by atoms with van der Waals surface area (Å²) in [5, 5.41) is 2.93. The van der Waals surface area contributed by atoms with Gasteiger partial charge in [-0.1, -0.05) is 12.1 Å². The van der Waals surface area contributed by atoms with Crippen LogP contribution in [0.25, 0.3) is 11.0 Å². The first-order valence-electron chi connectivity index (χ1n) is 3.36. The number of aromatic amines is 1. The lowest BCUT2D eigenvalue weighted by Gasteiger charge is -1.88. The van der Waals surface area contributed by atoms with E-state index >= 15 is 0 Å². The number of fused-ring (bicyclic) bond motifs is 1. The molecule has 0 aliphatic heterocycles. The van der Waals surface area contributed by atoms with E-state index in [1.807, 2.05) is 19.1 Å². The Balaban J connectivity index is 3.08. The van der Waals surface area contributed by atoms with E-state index in [1.54, 1.807) is 6.07 Å². The molecular formula is C8H7NO2. The fraction of sp³-hybridized carbons (Fsp3) is 0.125. The van der Waals surface area contributed by atoms with Crippen LogP contribution in [0.4, 0.5) is 0 Å². The summed E-state index contributed by atoms with van der Waals surface area (Å²) in [6.07, 6.45) is 0. The molecule has 56 valence electrons. The average molecular weight is 149 g/mol. The Labute approximate surface area is 62.6 Å². The number of aromatic nitrogens is 1. The van der Waals surface area contributed by atoms with Gasteiger partial charge in [-0.15, -0.1) is 0 Å². The van der Waals surface area contributed by atoms with Crippen LogP contribution in [0.15, 0.2) is 27.5 Å². The number of hydrogen-bond donors (Lipinski definition) is 1. The van der Waals surface area contributed by atoms with Gasteiger partial charge in [-0.2, -0.15) is 5.16 Å². The van der Waals surface area contributed by atoms with Crippen LogP contribution in [0.3, 0.4) is 0 Å². The molecule has 1 aromatic heterocycles. The fourth-order valence-electron chi connectivity index (χ4n) is 1.17. The molecule has 0 saturated carbocycles. The topological polar surface area (TPSA) is 46.0 Å². The van der Waals surface area contributed by atoms with Crippen LogP contribution < -0.4 is 5.56 Å². The second kappa shape index (κ2) is 1.99. The Kier molecular flexibility index (Phi) is 1.12. The van der Waals surface area contributed by atoms with E-state index in [2.05, 4.69) is 5.16 Å². The van der Waals surface area contributed by atoms with Crippen LogP contribution in [-0.4, -0.2) is 5.16 Å². The third-order valence-corrected chi connectivity index (χ3v) is 1.72. The smallest absolute Gasteiger partial charge is 0.288 e. The van der Waals surface area contributed by atoms with Gasteiger partial charge in [-0.3, -0.25) is 4.79 Å². The monoisotopic (exact) mass is 149 g/mol. The van der Waals surface area contributed by atoms with E-state index < -0.39 is 0 Å². The molecule has 0 fully saturated rings. The van der Waals surface area contributed by atoms with E-state index in [-0.39, 0.29) is 5.56 Å². The number of hydrogen-bond acceptors (Lipinski definition) is 2. The standard InChI is InChI=1S/C8H7NO2/c1-5-3-2-4-6-7(5)8(10)9-11-6/h2-4H,1H3,(H,9,10). The highest BCUT2D eigenvalue weighted by Crippen LogP contribution is 2.12. The van der Waals surface area contributed by atoms with Gasteiger partial charge < -0.3 is 4.52 Å². The molecule has 0 aliphatic rings. The molecule has 0 unspecified atom stereocenters. The van der Waals surface area contributed by atoms with Crippen LogP contribution in [0.2, 0.25) is 0 Å². The molecule has 1 heterocycles. The highest BCUT2D eigenvalue weighted by atomic mass is 16.5. The molecule has 0 saturated heterocycles. The van der Waals surface area contributed by atoms with Crippen LogP contribution >= 0.6 is 0 Å². The molecule has 3 nitrogen and oxygen atoms in total. The van der Waals surface area contributed by atoms with Crippen molar-refractivity contribution in [3.8, 4) is 0 Å². The molecule has 2 rings (SSSR count). The van der Waals surface area contributed by atoms with Gasteiger partial charge in [0.2, 0.25) is 0 Å². The Morgan fingerprint density at radius 2 is 2.27 bits per heavy atom. The zero-order valence-corrected chi connectivity index (χ0v) is 6.05. The lowest BCUT2D eigenvalue weighted by Crippen LogP contribution is -1.97. The summed E-state index contributed by atoms with van der Waals surface area (Å²) in [4.78, 5) is 11.1. The molecule has 11 heavy (non-hydrogen) atoms. The van der Waals surface area contributed by atoms with Gasteiger partial charge in [0, 0.05) is 0 Å². The summed E-state index contributed by atoms with van der Waals surface area (Å²) in [5.41, 5.74) is 1.41. The zero-order chi connectivity index (χ0) is 7.84. The summed E-state index contributed by atoms with van der Waals surface area (Å²) in [7, 11) is 0. The van der Waals surface area contributed by atoms with E-state index in [0.29, 0.717) is 11.0 Å². The Hall–Kier alpha value is -1.51. The van der Waals surface area contributed by atoms with Gasteiger partial charge in [-0.25, -0.2) is 0 Å². The van der Waals surface area contributed by atoms with Gasteiger partial charge in [0.05, 0.1) is 5.39 Å². The molecule has 0 radical (unpaired) electrons. The Morgan fingerprint density at radius 3 is 3.00 bits per heavy atom. The molecule has 0 spiro atoms. The highest BCUT2D eigenvalue weighted by molar-refractivity contribution is 5.79. The van der Waals surface area contributed by atoms with Crippen LogP contribution in [0, 0.1) is 6.92 Å². The van der Waals surface area contributed by atoms with Crippen LogP contribution in [-0.2, 0) is 0 Å². The SMILES string of the molecule is Cc1cccc2o[nH]c(=O)c12. The highest BCUT2D eigenvalue weighted by Gasteiger charge is 2.03. The molecule has 1 aromatic carbocycles. The lowest BCUT2D eigenvalue weighted by atomic mass is 10.2. The Morgan fingerprint density at radius 1 is 1.45 bits per heavy atom. The summed E-state index contributed by atoms with van der Waals surface area (Å²) in [5.74, 6) is 0. The maximum atomic E-state index is 11.1. The van der Waals surface area contributed by atoms with Gasteiger partial charge in [0.1, 0.15) is 0 Å². The maximum Gasteiger partial charge on any atom is 0.288 e. The quantitative estimate of drug-likeness (QED) is 0.615. The maximum absolute atomic E-state index is 11.1. The normalized spacial score (nSPS) is 10.6. The first kappa shape index (κ1) is 6.22. The van der Waals surface area contributed by atoms with Crippen LogP contribution in [0.5, 0.6) is 0 Å². The van der Waals surface area contributed by atoms with Gasteiger partial charge in [0.25, 0.3) is 5.56 Å². The predicted molar refractivity (Wildman–Crippen MR) is 41.6 cm³/mol. The number of rotatable bonds is 0. The summed E-state index contributed by atoms with van der Waals surface area (Å²) >= 11 is 0. The minimum Gasteiger partial charge on any atom is -0.378 e. The fourth-order valence-corrected chi connectivity index (χ4v) is 1.17. The first-order chi connectivity index (χ1) is 5.29. The van der Waals surface area contributed by atoms with Crippen molar-refractivity contribution in [1.29, 1.82) is 0 Å². The van der Waals surface area contributed by atoms with E-state index in [1.165, 1.54) is 0 Å². The molecule has 1 N–H and O–H groups in total. The molecule has 3 heteroatoms. The van der Waals surface area contributed by atoms with Crippen molar-refractivity contribution in [1.82, 2.24) is 5.16 Å². The molecule has 0 aliphatic carbocycles. The molecule has 0 atom stereocenters. The number of aryl methyl sites for hydroxylation is 1. The van der Waals surface area contributed by atoms with Crippen molar-refractivity contribution < 1.29 is 4.52 Å². The number of nitrogens with one attached hydrogen (secondary N) is 1. The average Bonchev–Trinajstić information content (AvgIpc) is 2.34. The molecule has 2 aromatic rings. The van der Waals surface area contributed by atoms with Gasteiger partial charge >= 0.3 is 0 Å². The van der Waals surface area contributed by atoms with Gasteiger partial charge in [0.15, 0.2) is 5.58 Å². The Bertz CT molecular complexity index is 439. The second-order valence-electron chi connectivity index (χ2n) is 2.48. The van der Waals surface area contributed by atoms with E-state index in [4.69, 9.17) is 4.52 Å². The van der Waals surface area contributed by atoms with Crippen LogP contribution in [0.1, 0.15) is 5.56 Å². The first-order valence-corrected chi connectivity index (χ1v) is 3.36. The summed E-state index contributed by atoms with van der Waals surface area (Å²) < 4.78 is 4.89. The number of H-pyrrole nitrogens is 1. The predicted octanol–water partition coefficient (Wildman–Crippen LogP) is 1.43. The van der Waals surface area contributed by atoms with Crippen molar-refractivity contribution in [3.05, 3.63) is 34.1 Å². The third-order valence-electron chi connectivity index (χ3n) is 1.72. The van der Waals surface area contributed by atoms with E-state index in [0.717, 1.165) is 5.56 Å². The summed E-state index contributed by atoms with van der Waals surface area (Å²) in [6.45, 7) is 1.88. The van der Waals surface area contributed by atoms with Crippen molar-refractivity contribution >= 4 is 11.0 Å². The minimum absolute atomic E-state index is 0.155. The minimum atomic E-state index is -0.155. The van der Waals surface area contributed by atoms with Gasteiger partial charge in [-0.05, 0) is 18.6 Å². The second-order valence-corrected chi connectivity index (χ2v) is 2.48. The molecular weight excluding hydrogens is 142 g/mol. The number of benzene rings is 1. The van der Waals surface area contributed by atoms with Crippen molar-refractivity contribution in [3.63, 3.8) is 0 Å². The largest absolute Gasteiger partial charge is 0.378 e. The molecule has 0 amide bonds. The lowest BCUT2D eigenvalue weighted by molar-refractivity contribution is 0.449. The zero-order valence-electron chi connectivity index (χ0n) is 6.05. The van der Waals surface area contributed by atoms with Crippen molar-refractivity contribution in [2.24, 2.45) is 0 Å². The van der Waals surface area contributed by atoms with Crippen molar-refractivity contribution in [2.75, 3.05) is 0 Å². The van der Waals surface area contributed by atoms with Crippen molar-refractivity contribution in [2.45, 2.75) is 6.92 Å². The summed E-state index contributed by atoms with van der Waals surface area (Å²) in [6, 6.07) is 5.50. The van der Waals surface area contributed by atoms with E-state index in [9.17, 15) is 4.79 Å². The third kappa shape index (κ3) is 0.774.